The van der Waals surface area contributed by atoms with Gasteiger partial charge in [-0.05, 0) is 73.0 Å². The highest BCUT2D eigenvalue weighted by Crippen LogP contribution is 2.38. The Morgan fingerprint density at radius 2 is 1.55 bits per heavy atom. The Labute approximate surface area is 255 Å². The molecule has 3 aromatic carbocycles. The molecule has 44 heavy (non-hydrogen) atoms. The summed E-state index contributed by atoms with van der Waals surface area (Å²) >= 11 is 0. The molecule has 1 aliphatic carbocycles. The van der Waals surface area contributed by atoms with Crippen molar-refractivity contribution in [2.75, 3.05) is 24.5 Å². The maximum Gasteiger partial charge on any atom is 0.255 e. The summed E-state index contributed by atoms with van der Waals surface area (Å²) in [5, 5.41) is 13.4. The van der Waals surface area contributed by atoms with Gasteiger partial charge in [-0.1, -0.05) is 31.2 Å². The number of nitrogens with zero attached hydrogens (tertiary/aromatic N) is 3. The van der Waals surface area contributed by atoms with Crippen molar-refractivity contribution in [3.8, 4) is 11.5 Å². The van der Waals surface area contributed by atoms with Gasteiger partial charge in [0.15, 0.2) is 11.5 Å². The number of allylic oxidation sites excluding steroid dienone is 2. The van der Waals surface area contributed by atoms with Crippen LogP contribution in [0, 0.1) is 17.8 Å². The van der Waals surface area contributed by atoms with E-state index in [0.29, 0.717) is 41.3 Å². The number of amides is 3. The third kappa shape index (κ3) is 5.58. The first-order valence-electron chi connectivity index (χ1n) is 14.5. The number of hydrogen-bond acceptors (Lipinski definition) is 7. The van der Waals surface area contributed by atoms with Gasteiger partial charge < -0.3 is 14.8 Å². The van der Waals surface area contributed by atoms with Gasteiger partial charge in [-0.3, -0.25) is 14.4 Å². The molecule has 0 spiro atoms. The minimum atomic E-state index is -0.281. The van der Waals surface area contributed by atoms with Crippen LogP contribution in [0.25, 0.3) is 0 Å². The van der Waals surface area contributed by atoms with Crippen LogP contribution >= 0.6 is 0 Å². The highest BCUT2D eigenvalue weighted by atomic mass is 16.5. The van der Waals surface area contributed by atoms with Gasteiger partial charge in [0, 0.05) is 35.1 Å². The molecule has 3 aliphatic rings. The molecule has 3 aromatic rings. The predicted octanol–water partition coefficient (Wildman–Crippen LogP) is 5.15. The number of fused-ring (bicyclic) bond motifs is 1. The van der Waals surface area contributed by atoms with Gasteiger partial charge in [0.2, 0.25) is 5.91 Å². The monoisotopic (exact) mass is 591 g/mol. The second kappa shape index (κ2) is 12.2. The van der Waals surface area contributed by atoms with Gasteiger partial charge in [0.25, 0.3) is 11.8 Å². The van der Waals surface area contributed by atoms with Crippen molar-refractivity contribution in [2.24, 2.45) is 28.0 Å². The number of hydrogen-bond donors (Lipinski definition) is 2. The molecule has 6 rings (SSSR count). The minimum Gasteiger partial charge on any atom is -0.493 e. The van der Waals surface area contributed by atoms with Gasteiger partial charge in [0.05, 0.1) is 37.2 Å². The average Bonchev–Trinajstić information content (AvgIpc) is 3.05. The van der Waals surface area contributed by atoms with Gasteiger partial charge >= 0.3 is 0 Å². The first-order chi connectivity index (χ1) is 21.4. The quantitative estimate of drug-likeness (QED) is 0.368. The smallest absolute Gasteiger partial charge is 0.255 e. The topological polar surface area (TPSA) is 122 Å². The van der Waals surface area contributed by atoms with Crippen LogP contribution in [0.1, 0.15) is 47.7 Å². The molecular formula is C34H33N5O5. The molecule has 0 saturated heterocycles. The first-order valence-corrected chi connectivity index (χ1v) is 14.5. The lowest BCUT2D eigenvalue weighted by atomic mass is 9.76. The van der Waals surface area contributed by atoms with Gasteiger partial charge in [-0.25, -0.2) is 10.4 Å². The molecule has 3 atom stereocenters. The summed E-state index contributed by atoms with van der Waals surface area (Å²) in [4.78, 5) is 38.2. The number of benzene rings is 3. The number of ether oxygens (including phenoxy) is 2. The van der Waals surface area contributed by atoms with Crippen LogP contribution in [0.5, 0.6) is 11.5 Å². The number of carbonyl (C=O) groups excluding carboxylic acids is 3. The van der Waals surface area contributed by atoms with E-state index in [1.54, 1.807) is 50.6 Å². The Bertz CT molecular complexity index is 1690. The number of carbonyl (C=O) groups is 3. The van der Waals surface area contributed by atoms with Crippen LogP contribution in [0.2, 0.25) is 0 Å². The highest BCUT2D eigenvalue weighted by Gasteiger charge is 2.40. The largest absolute Gasteiger partial charge is 0.493 e. The third-order valence-corrected chi connectivity index (χ3v) is 8.27. The summed E-state index contributed by atoms with van der Waals surface area (Å²) in [5.41, 5.74) is 7.53. The van der Waals surface area contributed by atoms with Gasteiger partial charge in [-0.15, -0.1) is 0 Å². The van der Waals surface area contributed by atoms with E-state index < -0.39 is 0 Å². The lowest BCUT2D eigenvalue weighted by molar-refractivity contribution is -0.124. The van der Waals surface area contributed by atoms with E-state index in [4.69, 9.17) is 14.6 Å². The molecule has 2 aliphatic heterocycles. The molecule has 0 bridgehead atoms. The van der Waals surface area contributed by atoms with Crippen LogP contribution in [0.3, 0.4) is 0 Å². The van der Waals surface area contributed by atoms with E-state index >= 15 is 0 Å². The summed E-state index contributed by atoms with van der Waals surface area (Å²) < 4.78 is 10.9. The van der Waals surface area contributed by atoms with Gasteiger partial charge in [0.1, 0.15) is 0 Å². The Morgan fingerprint density at radius 3 is 2.23 bits per heavy atom. The van der Waals surface area contributed by atoms with Crippen molar-refractivity contribution in [3.05, 3.63) is 95.6 Å². The number of nitrogens with one attached hydrogen (secondary N) is 2. The molecule has 0 aromatic heterocycles. The molecular weight excluding hydrogens is 558 g/mol. The Kier molecular flexibility index (Phi) is 7.97. The van der Waals surface area contributed by atoms with Crippen molar-refractivity contribution in [1.82, 2.24) is 5.43 Å². The third-order valence-electron chi connectivity index (χ3n) is 8.27. The van der Waals surface area contributed by atoms with E-state index in [9.17, 15) is 14.4 Å². The fraction of sp³-hybridized carbons (Fsp3) is 0.265. The van der Waals surface area contributed by atoms with Gasteiger partial charge in [-0.2, -0.15) is 10.2 Å². The Morgan fingerprint density at radius 1 is 0.864 bits per heavy atom. The van der Waals surface area contributed by atoms with Crippen LogP contribution in [-0.4, -0.2) is 43.4 Å². The second-order valence-electron chi connectivity index (χ2n) is 11.1. The lowest BCUT2D eigenvalue weighted by Crippen LogP contribution is -2.45. The molecule has 10 nitrogen and oxygen atoms in total. The molecule has 2 N–H and O–H groups in total. The fourth-order valence-electron chi connectivity index (χ4n) is 5.91. The summed E-state index contributed by atoms with van der Waals surface area (Å²) in [6.07, 6.45) is 5.90. The minimum absolute atomic E-state index is 0.00871. The maximum absolute atomic E-state index is 13.6. The van der Waals surface area contributed by atoms with Crippen LogP contribution < -0.4 is 25.2 Å². The van der Waals surface area contributed by atoms with Crippen LogP contribution in [0.15, 0.2) is 89.1 Å². The molecule has 3 unspecified atom stereocenters. The van der Waals surface area contributed by atoms with E-state index in [2.05, 4.69) is 28.0 Å². The standard InChI is InChI=1S/C34H33N5O5/c1-20-18-30(40)36-37-31(20)21-8-13-24(14-9-21)35-33(41)22-10-15-25(16-11-22)39-34(42)27-7-5-4-6-26(27)32(38-39)23-12-17-28(43-2)29(19-23)44-3/h4-5,8-17,19-20,26-27H,6-7,18H2,1-3H3,(H,35,41)(H,36,40). The van der Waals surface area contributed by atoms with E-state index in [1.807, 2.05) is 37.3 Å². The first kappa shape index (κ1) is 28.9. The van der Waals surface area contributed by atoms with Crippen molar-refractivity contribution in [1.29, 1.82) is 0 Å². The van der Waals surface area contributed by atoms with Crippen LogP contribution in [-0.2, 0) is 9.59 Å². The fourth-order valence-corrected chi connectivity index (χ4v) is 5.91. The number of hydrazone groups is 2. The molecule has 0 radical (unpaired) electrons. The zero-order chi connectivity index (χ0) is 30.8. The van der Waals surface area contributed by atoms with Crippen molar-refractivity contribution in [2.45, 2.75) is 26.2 Å². The van der Waals surface area contributed by atoms with E-state index in [1.165, 1.54) is 5.01 Å². The number of methoxy groups -OCH3 is 2. The van der Waals surface area contributed by atoms with E-state index in [0.717, 1.165) is 29.0 Å². The van der Waals surface area contributed by atoms with Crippen molar-refractivity contribution >= 4 is 40.5 Å². The Hall–Kier alpha value is -5.25. The molecule has 0 fully saturated rings. The molecule has 2 heterocycles. The lowest BCUT2D eigenvalue weighted by Gasteiger charge is -2.37. The molecule has 10 heteroatoms. The van der Waals surface area contributed by atoms with Crippen molar-refractivity contribution in [3.63, 3.8) is 0 Å². The summed E-state index contributed by atoms with van der Waals surface area (Å²) in [5.74, 6) is 0.476. The number of rotatable bonds is 7. The van der Waals surface area contributed by atoms with E-state index in [-0.39, 0.29) is 35.5 Å². The highest BCUT2D eigenvalue weighted by molar-refractivity contribution is 6.12. The summed E-state index contributed by atoms with van der Waals surface area (Å²) in [6.45, 7) is 1.96. The SMILES string of the molecule is COc1ccc(C2=NN(c3ccc(C(=O)Nc4ccc(C5=NNC(=O)CC5C)cc4)cc3)C(=O)C3CC=CCC23)cc1OC. The normalized spacial score (nSPS) is 21.1. The molecule has 224 valence electrons. The zero-order valence-corrected chi connectivity index (χ0v) is 24.7. The maximum atomic E-state index is 13.6. The molecule has 0 saturated carbocycles. The predicted molar refractivity (Wildman–Crippen MR) is 168 cm³/mol. The van der Waals surface area contributed by atoms with Crippen molar-refractivity contribution < 1.29 is 23.9 Å². The zero-order valence-electron chi connectivity index (χ0n) is 24.7. The molecule has 3 amide bonds. The number of anilines is 2. The summed E-state index contributed by atoms with van der Waals surface area (Å²) in [7, 11) is 3.18. The average molecular weight is 592 g/mol. The Balaban J connectivity index is 1.21. The second-order valence-corrected chi connectivity index (χ2v) is 11.1. The van der Waals surface area contributed by atoms with Crippen LogP contribution in [0.4, 0.5) is 11.4 Å². The summed E-state index contributed by atoms with van der Waals surface area (Å²) in [6, 6.07) is 19.9.